The maximum atomic E-state index is 5.64. The lowest BCUT2D eigenvalue weighted by atomic mass is 10.2. The summed E-state index contributed by atoms with van der Waals surface area (Å²) in [5.41, 5.74) is 0.489. The first-order valence-electron chi connectivity index (χ1n) is 4.27. The highest BCUT2D eigenvalue weighted by molar-refractivity contribution is 7.99. The second-order valence-corrected chi connectivity index (χ2v) is 4.46. The third kappa shape index (κ3) is 4.28. The van der Waals surface area contributed by atoms with Crippen LogP contribution in [-0.4, -0.2) is 23.5 Å². The van der Waals surface area contributed by atoms with E-state index >= 15 is 0 Å². The average Bonchev–Trinajstić information content (AvgIpc) is 2.07. The van der Waals surface area contributed by atoms with Crippen molar-refractivity contribution in [2.45, 2.75) is 31.1 Å². The lowest BCUT2D eigenvalue weighted by molar-refractivity contribution is 0.104. The summed E-state index contributed by atoms with van der Waals surface area (Å²) in [7, 11) is 0. The molecular formula is C8H16OS2. The minimum Gasteiger partial charge on any atom is -0.368 e. The van der Waals surface area contributed by atoms with Crippen LogP contribution in [-0.2, 0) is 4.74 Å². The van der Waals surface area contributed by atoms with E-state index in [1.54, 1.807) is 0 Å². The molecule has 3 heteroatoms. The Balaban J connectivity index is 1.96. The molecule has 0 aliphatic carbocycles. The molecule has 1 rings (SSSR count). The molecule has 0 radical (unpaired) electrons. The summed E-state index contributed by atoms with van der Waals surface area (Å²) in [5.74, 6) is 2.23. The first-order chi connectivity index (χ1) is 5.43. The van der Waals surface area contributed by atoms with Gasteiger partial charge < -0.3 is 4.74 Å². The van der Waals surface area contributed by atoms with Gasteiger partial charge in [-0.2, -0.15) is 12.6 Å². The molecule has 0 N–H and O–H groups in total. The highest BCUT2D eigenvalue weighted by Gasteiger charge is 2.12. The van der Waals surface area contributed by atoms with Crippen LogP contribution in [0.25, 0.3) is 0 Å². The molecule has 0 aromatic rings. The summed E-state index contributed by atoms with van der Waals surface area (Å²) in [6, 6.07) is 0. The van der Waals surface area contributed by atoms with Gasteiger partial charge in [0, 0.05) is 6.61 Å². The molecule has 1 nitrogen and oxygen atoms in total. The quantitative estimate of drug-likeness (QED) is 0.541. The van der Waals surface area contributed by atoms with Gasteiger partial charge in [0.25, 0.3) is 0 Å². The molecule has 0 aromatic heterocycles. The van der Waals surface area contributed by atoms with Crippen molar-refractivity contribution in [1.82, 2.24) is 0 Å². The minimum absolute atomic E-state index is 0.489. The first kappa shape index (κ1) is 9.75. The molecule has 1 unspecified atom stereocenters. The lowest BCUT2D eigenvalue weighted by Crippen LogP contribution is -2.14. The standard InChI is InChI=1S/C8H16OS2/c10-6-3-5-9-8-4-1-2-7-11-8/h8,10H,1-7H2. The van der Waals surface area contributed by atoms with Crippen molar-refractivity contribution in [3.05, 3.63) is 0 Å². The normalized spacial score (nSPS) is 25.4. The van der Waals surface area contributed by atoms with E-state index in [0.29, 0.717) is 5.44 Å². The number of ether oxygens (including phenoxy) is 1. The Morgan fingerprint density at radius 1 is 1.45 bits per heavy atom. The molecule has 11 heavy (non-hydrogen) atoms. The summed E-state index contributed by atoms with van der Waals surface area (Å²) in [6.45, 7) is 0.890. The van der Waals surface area contributed by atoms with Crippen LogP contribution in [0, 0.1) is 0 Å². The Morgan fingerprint density at radius 3 is 3.00 bits per heavy atom. The van der Waals surface area contributed by atoms with Crippen LogP contribution in [0.3, 0.4) is 0 Å². The summed E-state index contributed by atoms with van der Waals surface area (Å²) in [6.07, 6.45) is 5.05. The molecule has 1 atom stereocenters. The predicted molar refractivity (Wildman–Crippen MR) is 54.5 cm³/mol. The number of thiol groups is 1. The summed E-state index contributed by atoms with van der Waals surface area (Å²) in [4.78, 5) is 0. The summed E-state index contributed by atoms with van der Waals surface area (Å²) < 4.78 is 5.64. The van der Waals surface area contributed by atoms with Crippen LogP contribution >= 0.6 is 24.4 Å². The Kier molecular flexibility index (Phi) is 5.50. The SMILES string of the molecule is SCCCOC1CCCCS1. The van der Waals surface area contributed by atoms with E-state index in [0.717, 1.165) is 18.8 Å². The zero-order chi connectivity index (χ0) is 7.94. The van der Waals surface area contributed by atoms with E-state index in [2.05, 4.69) is 12.6 Å². The van der Waals surface area contributed by atoms with E-state index in [1.807, 2.05) is 11.8 Å². The maximum absolute atomic E-state index is 5.64. The van der Waals surface area contributed by atoms with E-state index < -0.39 is 0 Å². The van der Waals surface area contributed by atoms with E-state index in [1.165, 1.54) is 25.0 Å². The third-order valence-corrected chi connectivity index (χ3v) is 3.33. The molecule has 1 aliphatic heterocycles. The van der Waals surface area contributed by atoms with Gasteiger partial charge in [0.1, 0.15) is 5.44 Å². The molecule has 0 bridgehead atoms. The molecular weight excluding hydrogens is 176 g/mol. The van der Waals surface area contributed by atoms with Crippen molar-refractivity contribution in [3.63, 3.8) is 0 Å². The van der Waals surface area contributed by atoms with Crippen LogP contribution in [0.1, 0.15) is 25.7 Å². The number of rotatable bonds is 4. The van der Waals surface area contributed by atoms with Crippen molar-refractivity contribution in [1.29, 1.82) is 0 Å². The first-order valence-corrected chi connectivity index (χ1v) is 5.95. The Labute approximate surface area is 78.7 Å². The highest BCUT2D eigenvalue weighted by atomic mass is 32.2. The van der Waals surface area contributed by atoms with Crippen LogP contribution in [0.4, 0.5) is 0 Å². The molecule has 0 amide bonds. The van der Waals surface area contributed by atoms with Gasteiger partial charge >= 0.3 is 0 Å². The monoisotopic (exact) mass is 192 g/mol. The van der Waals surface area contributed by atoms with Crippen molar-refractivity contribution in [2.24, 2.45) is 0 Å². The zero-order valence-corrected chi connectivity index (χ0v) is 8.50. The second-order valence-electron chi connectivity index (χ2n) is 2.74. The summed E-state index contributed by atoms with van der Waals surface area (Å²) in [5, 5.41) is 0. The van der Waals surface area contributed by atoms with Gasteiger partial charge in [-0.3, -0.25) is 0 Å². The number of thioether (sulfide) groups is 1. The molecule has 66 valence electrons. The fraction of sp³-hybridized carbons (Fsp3) is 1.00. The van der Waals surface area contributed by atoms with Gasteiger partial charge in [-0.1, -0.05) is 0 Å². The number of hydrogen-bond acceptors (Lipinski definition) is 3. The molecule has 1 saturated heterocycles. The molecule has 0 spiro atoms. The van der Waals surface area contributed by atoms with E-state index in [-0.39, 0.29) is 0 Å². The van der Waals surface area contributed by atoms with Gasteiger partial charge in [-0.05, 0) is 37.2 Å². The van der Waals surface area contributed by atoms with Crippen molar-refractivity contribution < 1.29 is 4.74 Å². The topological polar surface area (TPSA) is 9.23 Å². The fourth-order valence-electron chi connectivity index (χ4n) is 1.12. The van der Waals surface area contributed by atoms with Gasteiger partial charge in [0.15, 0.2) is 0 Å². The molecule has 1 aliphatic rings. The predicted octanol–water partition coefficient (Wildman–Crippen LogP) is 2.57. The van der Waals surface area contributed by atoms with Crippen LogP contribution < -0.4 is 0 Å². The van der Waals surface area contributed by atoms with Crippen molar-refractivity contribution in [3.8, 4) is 0 Å². The zero-order valence-electron chi connectivity index (χ0n) is 6.79. The molecule has 1 heterocycles. The molecule has 0 saturated carbocycles. The van der Waals surface area contributed by atoms with Gasteiger partial charge in [0.2, 0.25) is 0 Å². The highest BCUT2D eigenvalue weighted by Crippen LogP contribution is 2.25. The van der Waals surface area contributed by atoms with Gasteiger partial charge in [0.05, 0.1) is 0 Å². The van der Waals surface area contributed by atoms with Crippen molar-refractivity contribution in [2.75, 3.05) is 18.1 Å². The maximum Gasteiger partial charge on any atom is 0.103 e. The van der Waals surface area contributed by atoms with Crippen molar-refractivity contribution >= 4 is 24.4 Å². The smallest absolute Gasteiger partial charge is 0.103 e. The van der Waals surface area contributed by atoms with E-state index in [4.69, 9.17) is 4.74 Å². The lowest BCUT2D eigenvalue weighted by Gasteiger charge is -2.21. The Morgan fingerprint density at radius 2 is 2.36 bits per heavy atom. The van der Waals surface area contributed by atoms with Crippen LogP contribution in [0.5, 0.6) is 0 Å². The summed E-state index contributed by atoms with van der Waals surface area (Å²) >= 11 is 6.10. The largest absolute Gasteiger partial charge is 0.368 e. The average molecular weight is 192 g/mol. The second kappa shape index (κ2) is 6.21. The fourth-order valence-corrected chi connectivity index (χ4v) is 2.41. The molecule has 0 aromatic carbocycles. The third-order valence-electron chi connectivity index (χ3n) is 1.74. The number of hydrogen-bond donors (Lipinski definition) is 1. The van der Waals surface area contributed by atoms with Crippen LogP contribution in [0.15, 0.2) is 0 Å². The Bertz CT molecular complexity index is 92.1. The van der Waals surface area contributed by atoms with Crippen LogP contribution in [0.2, 0.25) is 0 Å². The molecule has 1 fully saturated rings. The van der Waals surface area contributed by atoms with E-state index in [9.17, 15) is 0 Å². The minimum atomic E-state index is 0.489. The van der Waals surface area contributed by atoms with Gasteiger partial charge in [-0.25, -0.2) is 0 Å². The van der Waals surface area contributed by atoms with Gasteiger partial charge in [-0.15, -0.1) is 11.8 Å². The Hall–Kier alpha value is 0.660.